The van der Waals surface area contributed by atoms with Crippen LogP contribution in [0.2, 0.25) is 0 Å². The van der Waals surface area contributed by atoms with Crippen LogP contribution in [-0.4, -0.2) is 38.2 Å². The van der Waals surface area contributed by atoms with Crippen LogP contribution >= 0.6 is 0 Å². The smallest absolute Gasteiger partial charge is 0.163 e. The molecule has 0 aliphatic carbocycles. The molecule has 3 heterocycles. The maximum atomic E-state index is 8.92. The molecular weight excluding hydrogens is 290 g/mol. The highest BCUT2D eigenvalue weighted by atomic mass is 16.3. The van der Waals surface area contributed by atoms with Gasteiger partial charge in [-0.1, -0.05) is 0 Å². The van der Waals surface area contributed by atoms with Crippen LogP contribution < -0.4 is 5.32 Å². The summed E-state index contributed by atoms with van der Waals surface area (Å²) in [5.74, 6) is 1.32. The molecule has 3 aromatic heterocycles. The van der Waals surface area contributed by atoms with Crippen LogP contribution in [0.5, 0.6) is 0 Å². The van der Waals surface area contributed by atoms with E-state index in [1.54, 1.807) is 24.8 Å². The first-order valence-corrected chi connectivity index (χ1v) is 7.41. The van der Waals surface area contributed by atoms with Crippen molar-refractivity contribution in [3.8, 4) is 22.6 Å². The van der Waals surface area contributed by atoms with E-state index < -0.39 is 0 Å². The molecule has 0 aliphatic rings. The average molecular weight is 307 g/mol. The van der Waals surface area contributed by atoms with E-state index in [-0.39, 0.29) is 6.61 Å². The Kier molecular flexibility index (Phi) is 4.85. The van der Waals surface area contributed by atoms with Crippen molar-refractivity contribution >= 4 is 5.82 Å². The van der Waals surface area contributed by atoms with E-state index in [2.05, 4.69) is 25.3 Å². The summed E-state index contributed by atoms with van der Waals surface area (Å²) in [4.78, 5) is 17.4. The first-order chi connectivity index (χ1) is 11.4. The van der Waals surface area contributed by atoms with Crippen LogP contribution in [-0.2, 0) is 0 Å². The zero-order chi connectivity index (χ0) is 15.9. The van der Waals surface area contributed by atoms with Crippen molar-refractivity contribution in [2.45, 2.75) is 6.42 Å². The second-order valence-corrected chi connectivity index (χ2v) is 4.95. The predicted octanol–water partition coefficient (Wildman–Crippen LogP) is 2.39. The summed E-state index contributed by atoms with van der Waals surface area (Å²) < 4.78 is 0. The van der Waals surface area contributed by atoms with Crippen molar-refractivity contribution in [2.24, 2.45) is 0 Å². The summed E-state index contributed by atoms with van der Waals surface area (Å²) in [7, 11) is 0. The van der Waals surface area contributed by atoms with Crippen molar-refractivity contribution < 1.29 is 5.11 Å². The molecule has 0 saturated heterocycles. The van der Waals surface area contributed by atoms with Crippen molar-refractivity contribution in [3.63, 3.8) is 0 Å². The number of rotatable bonds is 6. The fraction of sp³-hybridized carbons (Fsp3) is 0.176. The lowest BCUT2D eigenvalue weighted by Crippen LogP contribution is -2.06. The van der Waals surface area contributed by atoms with Gasteiger partial charge in [-0.05, 0) is 30.7 Å². The third-order valence-electron chi connectivity index (χ3n) is 3.24. The van der Waals surface area contributed by atoms with E-state index in [9.17, 15) is 0 Å². The number of pyridine rings is 2. The van der Waals surface area contributed by atoms with Crippen LogP contribution in [0.4, 0.5) is 5.82 Å². The lowest BCUT2D eigenvalue weighted by Gasteiger charge is -2.10. The first-order valence-electron chi connectivity index (χ1n) is 7.41. The Labute approximate surface area is 134 Å². The Morgan fingerprint density at radius 3 is 2.35 bits per heavy atom. The lowest BCUT2D eigenvalue weighted by molar-refractivity contribution is 0.292. The molecule has 0 saturated carbocycles. The number of aliphatic hydroxyl groups excluding tert-OH is 1. The Bertz CT molecular complexity index is 692. The molecule has 3 aromatic rings. The van der Waals surface area contributed by atoms with Crippen molar-refractivity contribution in [1.29, 1.82) is 0 Å². The Hall–Kier alpha value is -2.86. The zero-order valence-electron chi connectivity index (χ0n) is 12.6. The summed E-state index contributed by atoms with van der Waals surface area (Å²) in [6, 6.07) is 9.50. The predicted molar refractivity (Wildman–Crippen MR) is 88.7 cm³/mol. The fourth-order valence-electron chi connectivity index (χ4n) is 2.12. The Morgan fingerprint density at radius 1 is 0.957 bits per heavy atom. The van der Waals surface area contributed by atoms with Gasteiger partial charge in [0.2, 0.25) is 0 Å². The summed E-state index contributed by atoms with van der Waals surface area (Å²) in [6.07, 6.45) is 7.61. The molecule has 2 N–H and O–H groups in total. The minimum absolute atomic E-state index is 0.142. The normalized spacial score (nSPS) is 10.5. The van der Waals surface area contributed by atoms with Crippen molar-refractivity contribution in [1.82, 2.24) is 19.9 Å². The number of aliphatic hydroxyl groups is 1. The van der Waals surface area contributed by atoms with Gasteiger partial charge in [0.15, 0.2) is 5.82 Å². The number of anilines is 1. The number of hydrogen-bond acceptors (Lipinski definition) is 6. The molecule has 6 heteroatoms. The van der Waals surface area contributed by atoms with E-state index in [0.717, 1.165) is 16.8 Å². The van der Waals surface area contributed by atoms with Crippen LogP contribution in [0.25, 0.3) is 22.6 Å². The summed E-state index contributed by atoms with van der Waals surface area (Å²) >= 11 is 0. The highest BCUT2D eigenvalue weighted by Crippen LogP contribution is 2.23. The SMILES string of the molecule is OCCCNc1cc(-c2cccnc2)nc(-c2cccnc2)n1. The van der Waals surface area contributed by atoms with Gasteiger partial charge in [-0.25, -0.2) is 9.97 Å². The van der Waals surface area contributed by atoms with E-state index in [4.69, 9.17) is 5.11 Å². The molecule has 116 valence electrons. The van der Waals surface area contributed by atoms with E-state index >= 15 is 0 Å². The van der Waals surface area contributed by atoms with Gasteiger partial charge in [0.25, 0.3) is 0 Å². The van der Waals surface area contributed by atoms with Gasteiger partial charge < -0.3 is 10.4 Å². The van der Waals surface area contributed by atoms with Crippen LogP contribution in [0.15, 0.2) is 55.1 Å². The largest absolute Gasteiger partial charge is 0.396 e. The van der Waals surface area contributed by atoms with Gasteiger partial charge in [-0.3, -0.25) is 9.97 Å². The topological polar surface area (TPSA) is 83.8 Å². The van der Waals surface area contributed by atoms with E-state index in [1.807, 2.05) is 30.3 Å². The van der Waals surface area contributed by atoms with Crippen LogP contribution in [0.1, 0.15) is 6.42 Å². The number of hydrogen-bond donors (Lipinski definition) is 2. The number of nitrogens with one attached hydrogen (secondary N) is 1. The third kappa shape index (κ3) is 3.87. The second kappa shape index (κ2) is 7.42. The molecule has 0 radical (unpaired) electrons. The minimum atomic E-state index is 0.142. The van der Waals surface area contributed by atoms with Crippen molar-refractivity contribution in [2.75, 3.05) is 18.5 Å². The lowest BCUT2D eigenvalue weighted by atomic mass is 10.2. The molecule has 6 nitrogen and oxygen atoms in total. The van der Waals surface area contributed by atoms with Gasteiger partial charge in [0, 0.05) is 55.1 Å². The molecule has 0 unspecified atom stereocenters. The highest BCUT2D eigenvalue weighted by molar-refractivity contribution is 5.66. The van der Waals surface area contributed by atoms with E-state index in [1.165, 1.54) is 0 Å². The zero-order valence-corrected chi connectivity index (χ0v) is 12.6. The Morgan fingerprint density at radius 2 is 1.70 bits per heavy atom. The summed E-state index contributed by atoms with van der Waals surface area (Å²) in [5, 5.41) is 12.1. The Balaban J connectivity index is 2.00. The third-order valence-corrected chi connectivity index (χ3v) is 3.24. The highest BCUT2D eigenvalue weighted by Gasteiger charge is 2.09. The minimum Gasteiger partial charge on any atom is -0.396 e. The van der Waals surface area contributed by atoms with Gasteiger partial charge in [0.1, 0.15) is 5.82 Å². The molecule has 23 heavy (non-hydrogen) atoms. The second-order valence-electron chi connectivity index (χ2n) is 4.95. The molecule has 0 spiro atoms. The summed E-state index contributed by atoms with van der Waals surface area (Å²) in [6.45, 7) is 0.787. The first kappa shape index (κ1) is 15.1. The fourth-order valence-corrected chi connectivity index (χ4v) is 2.12. The standard InChI is InChI=1S/C17H17N5O/c23-9-3-8-20-16-10-15(13-4-1-6-18-11-13)21-17(22-16)14-5-2-7-19-12-14/h1-2,4-7,10-12,23H,3,8-9H2,(H,20,21,22). The molecule has 0 amide bonds. The number of nitrogens with zero attached hydrogens (tertiary/aromatic N) is 4. The molecule has 3 rings (SSSR count). The van der Waals surface area contributed by atoms with Gasteiger partial charge >= 0.3 is 0 Å². The van der Waals surface area contributed by atoms with Gasteiger partial charge in [-0.15, -0.1) is 0 Å². The monoisotopic (exact) mass is 307 g/mol. The molecule has 0 fully saturated rings. The molecule has 0 atom stereocenters. The summed E-state index contributed by atoms with van der Waals surface area (Å²) in [5.41, 5.74) is 2.56. The maximum absolute atomic E-state index is 8.92. The molecule has 0 bridgehead atoms. The van der Waals surface area contributed by atoms with Gasteiger partial charge in [-0.2, -0.15) is 0 Å². The molecule has 0 aromatic carbocycles. The quantitative estimate of drug-likeness (QED) is 0.680. The van der Waals surface area contributed by atoms with Gasteiger partial charge in [0.05, 0.1) is 5.69 Å². The average Bonchev–Trinajstić information content (AvgIpc) is 2.63. The maximum Gasteiger partial charge on any atom is 0.163 e. The van der Waals surface area contributed by atoms with Crippen LogP contribution in [0.3, 0.4) is 0 Å². The van der Waals surface area contributed by atoms with Crippen LogP contribution in [0, 0.1) is 0 Å². The van der Waals surface area contributed by atoms with Crippen molar-refractivity contribution in [3.05, 3.63) is 55.1 Å². The van der Waals surface area contributed by atoms with E-state index in [0.29, 0.717) is 24.6 Å². The molecular formula is C17H17N5O. The molecule has 0 aliphatic heterocycles. The number of aromatic nitrogens is 4.